The number of carbonyl (C=O) groups is 1. The van der Waals surface area contributed by atoms with Crippen molar-refractivity contribution in [3.63, 3.8) is 0 Å². The molecule has 3 saturated heterocycles. The molecule has 35 heavy (non-hydrogen) atoms. The summed E-state index contributed by atoms with van der Waals surface area (Å²) in [5, 5.41) is 22.4. The first-order valence-electron chi connectivity index (χ1n) is 14.4. The van der Waals surface area contributed by atoms with Crippen LogP contribution in [0.5, 0.6) is 0 Å². The predicted octanol–water partition coefficient (Wildman–Crippen LogP) is 2.65. The molecule has 5 aliphatic rings. The van der Waals surface area contributed by atoms with E-state index in [-0.39, 0.29) is 17.4 Å². The molecule has 7 heteroatoms. The Morgan fingerprint density at radius 2 is 1.69 bits per heavy atom. The summed E-state index contributed by atoms with van der Waals surface area (Å²) >= 11 is 0. The number of fused-ring (bicyclic) bond motifs is 3. The van der Waals surface area contributed by atoms with Crippen LogP contribution in [0.25, 0.3) is 0 Å². The van der Waals surface area contributed by atoms with Crippen molar-refractivity contribution in [1.82, 2.24) is 26.4 Å². The zero-order chi connectivity index (χ0) is 24.7. The quantitative estimate of drug-likeness (QED) is 0.490. The van der Waals surface area contributed by atoms with E-state index in [0.29, 0.717) is 30.0 Å². The van der Waals surface area contributed by atoms with E-state index in [2.05, 4.69) is 53.3 Å². The summed E-state index contributed by atoms with van der Waals surface area (Å²) in [6, 6.07) is 4.38. The van der Waals surface area contributed by atoms with Crippen molar-refractivity contribution >= 4 is 5.91 Å². The van der Waals surface area contributed by atoms with Crippen LogP contribution in [-0.4, -0.2) is 62.3 Å². The first kappa shape index (κ1) is 25.4. The lowest BCUT2D eigenvalue weighted by atomic mass is 9.60. The van der Waals surface area contributed by atoms with Crippen molar-refractivity contribution in [2.24, 2.45) is 40.9 Å². The molecule has 2 aliphatic carbocycles. The number of hydrogen-bond acceptors (Lipinski definition) is 6. The highest BCUT2D eigenvalue weighted by Crippen LogP contribution is 2.49. The van der Waals surface area contributed by atoms with Gasteiger partial charge in [-0.25, -0.2) is 5.01 Å². The summed E-state index contributed by atoms with van der Waals surface area (Å²) in [6.07, 6.45) is 11.0. The Hall–Kier alpha value is -1.20. The summed E-state index contributed by atoms with van der Waals surface area (Å²) in [6.45, 7) is 6.35. The molecule has 0 aromatic rings. The second kappa shape index (κ2) is 10.3. The maximum absolute atomic E-state index is 12.1. The van der Waals surface area contributed by atoms with Crippen LogP contribution in [0, 0.1) is 52.3 Å². The highest BCUT2D eigenvalue weighted by atomic mass is 16.2. The third kappa shape index (κ3) is 4.89. The van der Waals surface area contributed by atoms with Crippen molar-refractivity contribution in [2.45, 2.75) is 95.8 Å². The number of amides is 1. The zero-order valence-electron chi connectivity index (χ0n) is 22.4. The molecule has 0 radical (unpaired) electrons. The Morgan fingerprint density at radius 3 is 2.34 bits per heavy atom. The maximum atomic E-state index is 12.1. The predicted molar refractivity (Wildman–Crippen MR) is 138 cm³/mol. The lowest BCUT2D eigenvalue weighted by Gasteiger charge is -2.50. The molecule has 0 aromatic carbocycles. The van der Waals surface area contributed by atoms with E-state index in [0.717, 1.165) is 43.2 Å². The molecule has 8 unspecified atom stereocenters. The maximum Gasteiger partial charge on any atom is 0.236 e. The van der Waals surface area contributed by atoms with Crippen LogP contribution >= 0.6 is 0 Å². The Labute approximate surface area is 212 Å². The van der Waals surface area contributed by atoms with Crippen molar-refractivity contribution < 1.29 is 4.79 Å². The first-order valence-corrected chi connectivity index (χ1v) is 14.4. The number of nitrogens with one attached hydrogen (secondary N) is 4. The summed E-state index contributed by atoms with van der Waals surface area (Å²) in [5.41, 5.74) is 3.76. The van der Waals surface area contributed by atoms with Gasteiger partial charge < -0.3 is 16.0 Å². The number of rotatable bonds is 4. The monoisotopic (exact) mass is 484 g/mol. The van der Waals surface area contributed by atoms with Crippen LogP contribution in [0.4, 0.5) is 0 Å². The van der Waals surface area contributed by atoms with E-state index >= 15 is 0 Å². The summed E-state index contributed by atoms with van der Waals surface area (Å²) in [4.78, 5) is 12.1. The van der Waals surface area contributed by atoms with Crippen molar-refractivity contribution in [3.05, 3.63) is 0 Å². The van der Waals surface area contributed by atoms with Gasteiger partial charge in [0.1, 0.15) is 0 Å². The number of carbonyl (C=O) groups excluding carboxylic acids is 1. The number of piperidine rings is 2. The van der Waals surface area contributed by atoms with Gasteiger partial charge in [-0.3, -0.25) is 10.2 Å². The fourth-order valence-corrected chi connectivity index (χ4v) is 8.75. The normalized spacial score (nSPS) is 44.7. The van der Waals surface area contributed by atoms with E-state index < -0.39 is 0 Å². The number of nitrogens with zero attached hydrogens (tertiary/aromatic N) is 2. The number of likely N-dealkylation sites (N-methyl/N-ethyl adjacent to an activating group) is 2. The van der Waals surface area contributed by atoms with E-state index in [4.69, 9.17) is 0 Å². The second-order valence-corrected chi connectivity index (χ2v) is 13.0. The summed E-state index contributed by atoms with van der Waals surface area (Å²) in [5.74, 6) is 4.33. The first-order chi connectivity index (χ1) is 16.8. The lowest BCUT2D eigenvalue weighted by Crippen LogP contribution is -2.59. The van der Waals surface area contributed by atoms with Crippen molar-refractivity contribution in [3.8, 4) is 6.07 Å². The van der Waals surface area contributed by atoms with E-state index in [9.17, 15) is 10.1 Å². The van der Waals surface area contributed by atoms with Crippen LogP contribution in [-0.2, 0) is 4.79 Å². The summed E-state index contributed by atoms with van der Waals surface area (Å²) in [7, 11) is 4.00. The van der Waals surface area contributed by atoms with Crippen LogP contribution < -0.4 is 21.4 Å². The Balaban J connectivity index is 1.25. The van der Waals surface area contributed by atoms with Crippen molar-refractivity contribution in [1.29, 1.82) is 5.26 Å². The van der Waals surface area contributed by atoms with E-state index in [1.165, 1.54) is 51.4 Å². The largest absolute Gasteiger partial charge is 0.358 e. The topological polar surface area (TPSA) is 92.2 Å². The molecule has 3 heterocycles. The van der Waals surface area contributed by atoms with Crippen molar-refractivity contribution in [2.75, 3.05) is 27.2 Å². The fraction of sp³-hybridized carbons (Fsp3) is 0.929. The van der Waals surface area contributed by atoms with E-state index in [1.54, 1.807) is 7.05 Å². The number of hydrazine groups is 1. The Morgan fingerprint density at radius 1 is 0.971 bits per heavy atom. The van der Waals surface area contributed by atoms with Crippen LogP contribution in [0.2, 0.25) is 0 Å². The zero-order valence-corrected chi connectivity index (χ0v) is 22.4. The number of hydrogen-bond donors (Lipinski definition) is 4. The second-order valence-electron chi connectivity index (χ2n) is 13.0. The SMILES string of the molecule is CNC(=O)C1CCC(C2CCC3NCC4C(C3C2)C(C2CCC(C(C)(C)C#N)CC2)NN4C)CN1. The molecule has 0 aromatic heterocycles. The fourth-order valence-electron chi connectivity index (χ4n) is 8.75. The highest BCUT2D eigenvalue weighted by Gasteiger charge is 2.53. The molecule has 5 fully saturated rings. The molecule has 0 spiro atoms. The third-order valence-electron chi connectivity index (χ3n) is 11.0. The van der Waals surface area contributed by atoms with E-state index in [1.807, 2.05) is 0 Å². The minimum atomic E-state index is -0.200. The molecule has 2 saturated carbocycles. The van der Waals surface area contributed by atoms with Gasteiger partial charge in [0.05, 0.1) is 17.5 Å². The molecule has 8 atom stereocenters. The van der Waals surface area contributed by atoms with Gasteiger partial charge in [0.15, 0.2) is 0 Å². The Bertz CT molecular complexity index is 794. The van der Waals surface area contributed by atoms with Crippen LogP contribution in [0.3, 0.4) is 0 Å². The molecule has 0 bridgehead atoms. The highest BCUT2D eigenvalue weighted by molar-refractivity contribution is 5.81. The van der Waals surface area contributed by atoms with Gasteiger partial charge in [0, 0.05) is 38.8 Å². The van der Waals surface area contributed by atoms with Gasteiger partial charge >= 0.3 is 0 Å². The van der Waals surface area contributed by atoms with Crippen LogP contribution in [0.1, 0.15) is 71.6 Å². The summed E-state index contributed by atoms with van der Waals surface area (Å²) < 4.78 is 0. The van der Waals surface area contributed by atoms with Gasteiger partial charge in [-0.2, -0.15) is 5.26 Å². The third-order valence-corrected chi connectivity index (χ3v) is 11.0. The molecule has 196 valence electrons. The molecule has 4 N–H and O–H groups in total. The van der Waals surface area contributed by atoms with Gasteiger partial charge in [-0.1, -0.05) is 0 Å². The van der Waals surface area contributed by atoms with Gasteiger partial charge in [-0.05, 0) is 114 Å². The minimum absolute atomic E-state index is 0.00785. The number of nitriles is 1. The van der Waals surface area contributed by atoms with Gasteiger partial charge in [-0.15, -0.1) is 0 Å². The van der Waals surface area contributed by atoms with Crippen LogP contribution in [0.15, 0.2) is 0 Å². The molecular weight excluding hydrogens is 436 g/mol. The molecule has 7 nitrogen and oxygen atoms in total. The Kier molecular flexibility index (Phi) is 7.48. The molecule has 1 amide bonds. The average molecular weight is 485 g/mol. The molecule has 5 rings (SSSR count). The average Bonchev–Trinajstić information content (AvgIpc) is 3.24. The smallest absolute Gasteiger partial charge is 0.236 e. The van der Waals surface area contributed by atoms with Gasteiger partial charge in [0.2, 0.25) is 5.91 Å². The lowest BCUT2D eigenvalue weighted by molar-refractivity contribution is -0.123. The minimum Gasteiger partial charge on any atom is -0.358 e. The standard InChI is InChI=1S/C28H48N6O/c1-28(2,16-29)20-9-5-17(6-10-20)26-25-21-13-18(19-8-12-23(31-14-19)27(35)30-3)7-11-22(21)32-15-24(25)34(4)33-26/h17-26,31-33H,5-15H2,1-4H3,(H,30,35). The molecular formula is C28H48N6O. The molecule has 3 aliphatic heterocycles. The van der Waals surface area contributed by atoms with Gasteiger partial charge in [0.25, 0.3) is 0 Å².